The van der Waals surface area contributed by atoms with Crippen LogP contribution in [-0.4, -0.2) is 28.2 Å². The van der Waals surface area contributed by atoms with E-state index in [9.17, 15) is 0 Å². The molecule has 0 unspecified atom stereocenters. The first kappa shape index (κ1) is 38.1. The summed E-state index contributed by atoms with van der Waals surface area (Å²) in [5.74, 6) is 1.85. The van der Waals surface area contributed by atoms with E-state index in [1.807, 2.05) is 11.3 Å². The number of thiophene rings is 1. The van der Waals surface area contributed by atoms with Gasteiger partial charge in [-0.1, -0.05) is 109 Å². The summed E-state index contributed by atoms with van der Waals surface area (Å²) in [4.78, 5) is 10.3. The number of benzene rings is 10. The van der Waals surface area contributed by atoms with E-state index in [2.05, 4.69) is 249 Å². The first-order chi connectivity index (χ1) is 34.2. The fourth-order valence-corrected chi connectivity index (χ4v) is 12.4. The summed E-state index contributed by atoms with van der Waals surface area (Å²) in [6, 6.07) is 82.7. The molecule has 0 amide bonds. The van der Waals surface area contributed by atoms with Crippen LogP contribution in [-0.2, 0) is 0 Å². The highest BCUT2D eigenvalue weighted by Gasteiger charge is 2.23. The molecule has 322 valence electrons. The van der Waals surface area contributed by atoms with E-state index in [1.165, 1.54) is 63.8 Å². The van der Waals surface area contributed by atoms with Gasteiger partial charge in [-0.3, -0.25) is 9.13 Å². The number of rotatable bonds is 6. The Morgan fingerprint density at radius 1 is 0.261 bits per heavy atom. The Kier molecular flexibility index (Phi) is 8.13. The second kappa shape index (κ2) is 14.7. The zero-order chi connectivity index (χ0) is 45.2. The van der Waals surface area contributed by atoms with Gasteiger partial charge in [-0.15, -0.1) is 11.3 Å². The summed E-state index contributed by atoms with van der Waals surface area (Å²) in [6.07, 6.45) is 0. The molecule has 0 radical (unpaired) electrons. The molecule has 5 heterocycles. The van der Waals surface area contributed by atoms with E-state index in [-0.39, 0.29) is 0 Å². The molecule has 0 aliphatic heterocycles. The summed E-state index contributed by atoms with van der Waals surface area (Å²) >= 11 is 1.92. The van der Waals surface area contributed by atoms with E-state index in [0.29, 0.717) is 0 Å². The van der Waals surface area contributed by atoms with Gasteiger partial charge in [-0.25, -0.2) is 9.97 Å². The summed E-state index contributed by atoms with van der Waals surface area (Å²) in [6.45, 7) is 0. The lowest BCUT2D eigenvalue weighted by Gasteiger charge is -2.12. The minimum atomic E-state index is 0.924. The molecule has 6 nitrogen and oxygen atoms in total. The van der Waals surface area contributed by atoms with Crippen molar-refractivity contribution in [1.82, 2.24) is 28.2 Å². The minimum Gasteiger partial charge on any atom is -0.309 e. The Labute approximate surface area is 399 Å². The average molecular weight is 899 g/mol. The molecular weight excluding hydrogens is 861 g/mol. The Morgan fingerprint density at radius 3 is 1.06 bits per heavy atom. The van der Waals surface area contributed by atoms with Crippen molar-refractivity contribution in [2.45, 2.75) is 0 Å². The van der Waals surface area contributed by atoms with Crippen molar-refractivity contribution in [1.29, 1.82) is 0 Å². The first-order valence-corrected chi connectivity index (χ1v) is 24.1. The number of fused-ring (bicyclic) bond motifs is 13. The second-order valence-electron chi connectivity index (χ2n) is 17.8. The van der Waals surface area contributed by atoms with E-state index in [1.54, 1.807) is 0 Å². The first-order valence-electron chi connectivity index (χ1n) is 23.3. The molecule has 0 saturated heterocycles. The summed E-state index contributed by atoms with van der Waals surface area (Å²) in [5.41, 5.74) is 15.4. The maximum absolute atomic E-state index is 5.15. The third-order valence-electron chi connectivity index (χ3n) is 14.0. The Bertz CT molecular complexity index is 4220. The fraction of sp³-hybridized carbons (Fsp3) is 0. The summed E-state index contributed by atoms with van der Waals surface area (Å²) in [5, 5.41) is 7.63. The normalized spacial score (nSPS) is 12.1. The van der Waals surface area contributed by atoms with Crippen molar-refractivity contribution in [3.63, 3.8) is 0 Å². The van der Waals surface area contributed by atoms with Gasteiger partial charge in [0.1, 0.15) is 11.6 Å². The lowest BCUT2D eigenvalue weighted by Crippen LogP contribution is -1.98. The zero-order valence-corrected chi connectivity index (χ0v) is 37.8. The van der Waals surface area contributed by atoms with Gasteiger partial charge in [0.25, 0.3) is 0 Å². The zero-order valence-electron chi connectivity index (χ0n) is 37.0. The van der Waals surface area contributed by atoms with Gasteiger partial charge in [0.2, 0.25) is 0 Å². The van der Waals surface area contributed by atoms with Gasteiger partial charge in [0.15, 0.2) is 0 Å². The van der Waals surface area contributed by atoms with Crippen molar-refractivity contribution in [3.8, 4) is 45.5 Å². The number of para-hydroxylation sites is 8. The number of nitrogens with zero attached hydrogens (tertiary/aromatic N) is 6. The lowest BCUT2D eigenvalue weighted by atomic mass is 10.1. The molecule has 0 fully saturated rings. The van der Waals surface area contributed by atoms with Crippen molar-refractivity contribution < 1.29 is 0 Å². The van der Waals surface area contributed by atoms with Crippen LogP contribution in [0.5, 0.6) is 0 Å². The predicted octanol–water partition coefficient (Wildman–Crippen LogP) is 16.3. The molecule has 7 heteroatoms. The maximum atomic E-state index is 5.15. The number of hydrogen-bond donors (Lipinski definition) is 0. The Balaban J connectivity index is 0.877. The van der Waals surface area contributed by atoms with Crippen LogP contribution in [0.1, 0.15) is 0 Å². The molecule has 69 heavy (non-hydrogen) atoms. The number of hydrogen-bond acceptors (Lipinski definition) is 3. The molecule has 0 aliphatic carbocycles. The molecule has 15 rings (SSSR count). The third-order valence-corrected chi connectivity index (χ3v) is 15.3. The van der Waals surface area contributed by atoms with Crippen LogP contribution < -0.4 is 0 Å². The van der Waals surface area contributed by atoms with Crippen molar-refractivity contribution in [2.24, 2.45) is 0 Å². The average Bonchev–Trinajstić information content (AvgIpc) is 4.24. The monoisotopic (exact) mass is 898 g/mol. The number of imidazole rings is 2. The predicted molar refractivity (Wildman–Crippen MR) is 288 cm³/mol. The molecule has 0 bridgehead atoms. The van der Waals surface area contributed by atoms with Crippen LogP contribution in [0.4, 0.5) is 0 Å². The molecule has 15 aromatic rings. The van der Waals surface area contributed by atoms with Crippen molar-refractivity contribution >= 4 is 97.2 Å². The summed E-state index contributed by atoms with van der Waals surface area (Å²) < 4.78 is 12.0. The quantitative estimate of drug-likeness (QED) is 0.167. The van der Waals surface area contributed by atoms with E-state index < -0.39 is 0 Å². The molecular formula is C62H38N6S. The third kappa shape index (κ3) is 5.59. The molecule has 0 spiro atoms. The minimum absolute atomic E-state index is 0.924. The fourth-order valence-electron chi connectivity index (χ4n) is 11.0. The maximum Gasteiger partial charge on any atom is 0.145 e. The van der Waals surface area contributed by atoms with Gasteiger partial charge in [-0.05, 0) is 121 Å². The van der Waals surface area contributed by atoms with Gasteiger partial charge >= 0.3 is 0 Å². The van der Waals surface area contributed by atoms with Gasteiger partial charge in [0, 0.05) is 75.6 Å². The van der Waals surface area contributed by atoms with E-state index >= 15 is 0 Å². The lowest BCUT2D eigenvalue weighted by molar-refractivity contribution is 1.10. The molecule has 0 saturated carbocycles. The molecule has 0 N–H and O–H groups in total. The Morgan fingerprint density at radius 2 is 0.623 bits per heavy atom. The van der Waals surface area contributed by atoms with Crippen LogP contribution in [0, 0.1) is 0 Å². The van der Waals surface area contributed by atoms with Crippen LogP contribution in [0.2, 0.25) is 0 Å². The van der Waals surface area contributed by atoms with Crippen molar-refractivity contribution in [2.75, 3.05) is 0 Å². The molecule has 10 aromatic carbocycles. The van der Waals surface area contributed by atoms with E-state index in [0.717, 1.165) is 67.6 Å². The van der Waals surface area contributed by atoms with Crippen LogP contribution in [0.25, 0.3) is 131 Å². The molecule has 5 aromatic heterocycles. The molecule has 0 aliphatic rings. The van der Waals surface area contributed by atoms with Gasteiger partial charge in [-0.2, -0.15) is 0 Å². The highest BCUT2D eigenvalue weighted by Crippen LogP contribution is 2.48. The standard InChI is InChI=1S/C62H38N6S/c1-3-15-41(16-4-1)67-53-25-13-9-21-49(53)63-61(67)39-27-31-43(32-28-39)65-51-23-11-7-19-47(51)57-55(65)37-35-45-46-36-38-56-58(60(46)69-59(45)57)48-20-8-12-24-52(48)66(56)44-33-29-40(30-34-44)62-64-50-22-10-14-26-54(50)68(62)42-17-5-2-6-18-42/h1-38H. The topological polar surface area (TPSA) is 45.5 Å². The highest BCUT2D eigenvalue weighted by atomic mass is 32.1. The summed E-state index contributed by atoms with van der Waals surface area (Å²) in [7, 11) is 0. The SMILES string of the molecule is c1ccc(-n2c(-c3ccc(-n4c5ccccc5c5c6sc7c(ccc8c7c7ccccc7n8-c7ccc(-c8nc9ccccc9n8-c8ccccc8)cc7)c6ccc54)cc3)nc3ccccc32)cc1. The highest BCUT2D eigenvalue weighted by molar-refractivity contribution is 7.27. The van der Waals surface area contributed by atoms with Gasteiger partial charge < -0.3 is 9.13 Å². The van der Waals surface area contributed by atoms with E-state index in [4.69, 9.17) is 9.97 Å². The smallest absolute Gasteiger partial charge is 0.145 e. The largest absolute Gasteiger partial charge is 0.309 e. The second-order valence-corrected chi connectivity index (χ2v) is 18.8. The van der Waals surface area contributed by atoms with Crippen LogP contribution in [0.3, 0.4) is 0 Å². The van der Waals surface area contributed by atoms with Crippen LogP contribution >= 0.6 is 11.3 Å². The molecule has 0 atom stereocenters. The Hall–Kier alpha value is -9.04. The van der Waals surface area contributed by atoms with Gasteiger partial charge in [0.05, 0.1) is 44.1 Å². The van der Waals surface area contributed by atoms with Crippen molar-refractivity contribution in [3.05, 3.63) is 231 Å². The van der Waals surface area contributed by atoms with Crippen LogP contribution in [0.15, 0.2) is 231 Å². The number of aromatic nitrogens is 6.